The summed E-state index contributed by atoms with van der Waals surface area (Å²) in [5.74, 6) is 0.393. The van der Waals surface area contributed by atoms with E-state index < -0.39 is 4.92 Å². The molecule has 1 aromatic rings. The first kappa shape index (κ1) is 11.8. The van der Waals surface area contributed by atoms with Crippen LogP contribution in [0.1, 0.15) is 19.3 Å². The lowest BCUT2D eigenvalue weighted by Gasteiger charge is -2.22. The molecule has 0 spiro atoms. The summed E-state index contributed by atoms with van der Waals surface area (Å²) in [6.45, 7) is 1.23. The summed E-state index contributed by atoms with van der Waals surface area (Å²) in [6, 6.07) is 2.88. The van der Waals surface area contributed by atoms with Crippen molar-refractivity contribution in [3.63, 3.8) is 0 Å². The van der Waals surface area contributed by atoms with Crippen molar-refractivity contribution in [3.8, 4) is 5.88 Å². The van der Waals surface area contributed by atoms with Gasteiger partial charge in [-0.1, -0.05) is 0 Å². The van der Waals surface area contributed by atoms with Crippen LogP contribution in [0.5, 0.6) is 5.88 Å². The van der Waals surface area contributed by atoms with Gasteiger partial charge in [0, 0.05) is 18.7 Å². The molecule has 0 aromatic carbocycles. The molecule has 1 saturated heterocycles. The molecule has 6 heteroatoms. The summed E-state index contributed by atoms with van der Waals surface area (Å²) in [4.78, 5) is 13.8. The van der Waals surface area contributed by atoms with E-state index in [0.717, 1.165) is 25.9 Å². The maximum absolute atomic E-state index is 10.4. The van der Waals surface area contributed by atoms with Crippen molar-refractivity contribution in [1.29, 1.82) is 0 Å². The predicted molar refractivity (Wildman–Crippen MR) is 60.0 cm³/mol. The van der Waals surface area contributed by atoms with E-state index >= 15 is 0 Å². The van der Waals surface area contributed by atoms with Gasteiger partial charge in [-0.3, -0.25) is 10.1 Å². The van der Waals surface area contributed by atoms with Gasteiger partial charge in [0.2, 0.25) is 5.88 Å². The summed E-state index contributed by atoms with van der Waals surface area (Å²) in [6.07, 6.45) is 4.55. The third-order valence-electron chi connectivity index (χ3n) is 2.62. The summed E-state index contributed by atoms with van der Waals surface area (Å²) in [7, 11) is 0. The van der Waals surface area contributed by atoms with Crippen LogP contribution in [-0.2, 0) is 4.74 Å². The van der Waals surface area contributed by atoms with Crippen molar-refractivity contribution in [2.24, 2.45) is 0 Å². The van der Waals surface area contributed by atoms with E-state index in [1.54, 1.807) is 0 Å². The van der Waals surface area contributed by atoms with Crippen LogP contribution in [0.4, 0.5) is 5.69 Å². The normalized spacial score (nSPS) is 19.9. The van der Waals surface area contributed by atoms with Crippen molar-refractivity contribution in [2.75, 3.05) is 13.2 Å². The fourth-order valence-electron chi connectivity index (χ4n) is 1.68. The van der Waals surface area contributed by atoms with E-state index in [-0.39, 0.29) is 11.8 Å². The summed E-state index contributed by atoms with van der Waals surface area (Å²) in [5.41, 5.74) is -0.0359. The highest BCUT2D eigenvalue weighted by Crippen LogP contribution is 2.16. The second kappa shape index (κ2) is 5.58. The summed E-state index contributed by atoms with van der Waals surface area (Å²) < 4.78 is 10.9. The molecule has 0 N–H and O–H groups in total. The molecule has 1 atom stereocenters. The molecule has 0 bridgehead atoms. The molecule has 0 saturated carbocycles. The molecule has 0 aliphatic carbocycles. The largest absolute Gasteiger partial charge is 0.475 e. The third kappa shape index (κ3) is 3.39. The Morgan fingerprint density at radius 2 is 2.41 bits per heavy atom. The van der Waals surface area contributed by atoms with Crippen LogP contribution in [0.15, 0.2) is 18.3 Å². The van der Waals surface area contributed by atoms with Crippen molar-refractivity contribution in [3.05, 3.63) is 28.4 Å². The number of rotatable bonds is 4. The highest BCUT2D eigenvalue weighted by Gasteiger charge is 2.15. The van der Waals surface area contributed by atoms with Crippen LogP contribution in [0, 0.1) is 10.1 Å². The lowest BCUT2D eigenvalue weighted by Crippen LogP contribution is -2.25. The van der Waals surface area contributed by atoms with Crippen LogP contribution >= 0.6 is 0 Å². The second-order valence-corrected chi connectivity index (χ2v) is 3.91. The van der Waals surface area contributed by atoms with Gasteiger partial charge in [-0.25, -0.2) is 4.98 Å². The Bertz CT molecular complexity index is 374. The zero-order valence-corrected chi connectivity index (χ0v) is 9.37. The molecule has 17 heavy (non-hydrogen) atoms. The van der Waals surface area contributed by atoms with E-state index in [1.165, 1.54) is 18.3 Å². The van der Waals surface area contributed by atoms with Gasteiger partial charge in [0.1, 0.15) is 12.8 Å². The van der Waals surface area contributed by atoms with Crippen LogP contribution in [0.25, 0.3) is 0 Å². The van der Waals surface area contributed by atoms with Gasteiger partial charge in [-0.2, -0.15) is 0 Å². The SMILES string of the molecule is O=[N+]([O-])c1ccc(OC[C@@H]2CCCCO2)nc1. The van der Waals surface area contributed by atoms with E-state index in [1.807, 2.05) is 0 Å². The summed E-state index contributed by atoms with van der Waals surface area (Å²) in [5, 5.41) is 10.4. The number of hydrogen-bond acceptors (Lipinski definition) is 5. The molecule has 1 aliphatic heterocycles. The first-order valence-electron chi connectivity index (χ1n) is 5.60. The van der Waals surface area contributed by atoms with E-state index in [9.17, 15) is 10.1 Å². The van der Waals surface area contributed by atoms with Crippen molar-refractivity contribution in [1.82, 2.24) is 4.98 Å². The predicted octanol–water partition coefficient (Wildman–Crippen LogP) is 1.94. The molecule has 1 aromatic heterocycles. The molecule has 6 nitrogen and oxygen atoms in total. The Labute approximate surface area is 98.7 Å². The third-order valence-corrected chi connectivity index (χ3v) is 2.62. The van der Waals surface area contributed by atoms with Crippen molar-refractivity contribution < 1.29 is 14.4 Å². The standard InChI is InChI=1S/C11H14N2O4/c14-13(15)9-4-5-11(12-7-9)17-8-10-3-1-2-6-16-10/h4-5,7,10H,1-3,6,8H2/t10-/m0/s1. The Hall–Kier alpha value is -1.69. The smallest absolute Gasteiger partial charge is 0.287 e. The van der Waals surface area contributed by atoms with Gasteiger partial charge in [-0.15, -0.1) is 0 Å². The van der Waals surface area contributed by atoms with Crippen LogP contribution in [0.2, 0.25) is 0 Å². The number of aromatic nitrogens is 1. The number of nitro groups is 1. The monoisotopic (exact) mass is 238 g/mol. The highest BCUT2D eigenvalue weighted by molar-refractivity contribution is 5.28. The molecule has 0 unspecified atom stereocenters. The molecule has 2 heterocycles. The number of ether oxygens (including phenoxy) is 2. The van der Waals surface area contributed by atoms with Crippen LogP contribution < -0.4 is 4.74 Å². The lowest BCUT2D eigenvalue weighted by molar-refractivity contribution is -0.385. The first-order chi connectivity index (χ1) is 8.25. The fraction of sp³-hybridized carbons (Fsp3) is 0.545. The van der Waals surface area contributed by atoms with Gasteiger partial charge in [0.05, 0.1) is 11.0 Å². The van der Waals surface area contributed by atoms with E-state index in [0.29, 0.717) is 12.5 Å². The zero-order chi connectivity index (χ0) is 12.1. The van der Waals surface area contributed by atoms with E-state index in [4.69, 9.17) is 9.47 Å². The quantitative estimate of drug-likeness (QED) is 0.592. The van der Waals surface area contributed by atoms with Crippen LogP contribution in [0.3, 0.4) is 0 Å². The Kier molecular flexibility index (Phi) is 3.87. The molecule has 1 aliphatic rings. The summed E-state index contributed by atoms with van der Waals surface area (Å²) >= 11 is 0. The first-order valence-corrected chi connectivity index (χ1v) is 5.60. The number of pyridine rings is 1. The minimum atomic E-state index is -0.485. The molecule has 0 radical (unpaired) electrons. The van der Waals surface area contributed by atoms with Crippen molar-refractivity contribution >= 4 is 5.69 Å². The maximum atomic E-state index is 10.4. The number of nitrogens with zero attached hydrogens (tertiary/aromatic N) is 2. The second-order valence-electron chi connectivity index (χ2n) is 3.91. The Morgan fingerprint density at radius 1 is 1.53 bits per heavy atom. The molecule has 92 valence electrons. The molecule has 1 fully saturated rings. The molecular weight excluding hydrogens is 224 g/mol. The van der Waals surface area contributed by atoms with Gasteiger partial charge in [0.15, 0.2) is 0 Å². The van der Waals surface area contributed by atoms with E-state index in [2.05, 4.69) is 4.98 Å². The lowest BCUT2D eigenvalue weighted by atomic mass is 10.1. The zero-order valence-electron chi connectivity index (χ0n) is 9.37. The van der Waals surface area contributed by atoms with Crippen molar-refractivity contribution in [2.45, 2.75) is 25.4 Å². The molecular formula is C11H14N2O4. The maximum Gasteiger partial charge on any atom is 0.287 e. The number of hydrogen-bond donors (Lipinski definition) is 0. The van der Waals surface area contributed by atoms with Gasteiger partial charge in [-0.05, 0) is 19.3 Å². The van der Waals surface area contributed by atoms with Gasteiger partial charge in [0.25, 0.3) is 5.69 Å². The Morgan fingerprint density at radius 3 is 3.00 bits per heavy atom. The van der Waals surface area contributed by atoms with Gasteiger partial charge < -0.3 is 9.47 Å². The molecule has 2 rings (SSSR count). The average molecular weight is 238 g/mol. The molecule has 0 amide bonds. The van der Waals surface area contributed by atoms with Crippen LogP contribution in [-0.4, -0.2) is 29.2 Å². The average Bonchev–Trinajstić information content (AvgIpc) is 2.38. The topological polar surface area (TPSA) is 74.5 Å². The Balaban J connectivity index is 1.84. The highest BCUT2D eigenvalue weighted by atomic mass is 16.6. The minimum Gasteiger partial charge on any atom is -0.475 e. The fourth-order valence-corrected chi connectivity index (χ4v) is 1.68. The van der Waals surface area contributed by atoms with Gasteiger partial charge >= 0.3 is 0 Å². The minimum absolute atomic E-state index is 0.0359.